The summed E-state index contributed by atoms with van der Waals surface area (Å²) in [6.07, 6.45) is 8.07. The average Bonchev–Trinajstić information content (AvgIpc) is 2.49. The van der Waals surface area contributed by atoms with E-state index in [0.717, 1.165) is 23.9 Å². The van der Waals surface area contributed by atoms with E-state index in [4.69, 9.17) is 0 Å². The fourth-order valence-electron chi connectivity index (χ4n) is 3.77. The lowest BCUT2D eigenvalue weighted by Crippen LogP contribution is -2.62. The number of nitrogens with zero attached hydrogens (tertiary/aromatic N) is 1. The van der Waals surface area contributed by atoms with E-state index in [-0.39, 0.29) is 0 Å². The molecule has 0 aromatic heterocycles. The number of piperazine rings is 1. The maximum atomic E-state index is 3.84. The average molecular weight is 297 g/mol. The molecule has 2 heteroatoms. The number of unbranched alkanes of at least 4 members (excludes halogenated alkanes) is 1. The van der Waals surface area contributed by atoms with Crippen molar-refractivity contribution in [2.45, 2.75) is 98.2 Å². The number of hydrogen-bond donors (Lipinski definition) is 1. The highest BCUT2D eigenvalue weighted by Gasteiger charge is 2.35. The molecule has 1 aliphatic rings. The van der Waals surface area contributed by atoms with Crippen LogP contribution in [0.1, 0.15) is 80.1 Å². The van der Waals surface area contributed by atoms with Gasteiger partial charge in [0.2, 0.25) is 0 Å². The standard InChI is InChI=1S/C19H40N2/c1-7-10-12-17(11-8-2)21-14-18(16(6)9-3)20-13-19(21)15(4)5/h15-20H,7-14H2,1-6H3. The van der Waals surface area contributed by atoms with Crippen LogP contribution in [-0.4, -0.2) is 36.1 Å². The fraction of sp³-hybridized carbons (Fsp3) is 1.00. The predicted octanol–water partition coefficient (Wildman–Crippen LogP) is 4.69. The lowest BCUT2D eigenvalue weighted by molar-refractivity contribution is 0.0351. The maximum absolute atomic E-state index is 3.84. The molecular weight excluding hydrogens is 256 g/mol. The molecule has 4 unspecified atom stereocenters. The van der Waals surface area contributed by atoms with Gasteiger partial charge in [0.1, 0.15) is 0 Å². The monoisotopic (exact) mass is 296 g/mol. The summed E-state index contributed by atoms with van der Waals surface area (Å²) in [6.45, 7) is 16.6. The third-order valence-electron chi connectivity index (χ3n) is 5.50. The second-order valence-electron chi connectivity index (χ2n) is 7.49. The van der Waals surface area contributed by atoms with Crippen molar-refractivity contribution in [2.75, 3.05) is 13.1 Å². The molecule has 0 radical (unpaired) electrons. The van der Waals surface area contributed by atoms with Gasteiger partial charge in [0.15, 0.2) is 0 Å². The highest BCUT2D eigenvalue weighted by atomic mass is 15.3. The Hall–Kier alpha value is -0.0800. The number of rotatable bonds is 9. The summed E-state index contributed by atoms with van der Waals surface area (Å²) >= 11 is 0. The lowest BCUT2D eigenvalue weighted by atomic mass is 9.89. The summed E-state index contributed by atoms with van der Waals surface area (Å²) in [6, 6.07) is 2.21. The Morgan fingerprint density at radius 1 is 1.05 bits per heavy atom. The molecule has 1 fully saturated rings. The van der Waals surface area contributed by atoms with E-state index in [0.29, 0.717) is 6.04 Å². The molecule has 4 atom stereocenters. The molecule has 0 saturated carbocycles. The van der Waals surface area contributed by atoms with E-state index in [1.54, 1.807) is 0 Å². The zero-order valence-electron chi connectivity index (χ0n) is 15.5. The minimum absolute atomic E-state index is 0.686. The van der Waals surface area contributed by atoms with Gasteiger partial charge in [0, 0.05) is 31.2 Å². The first-order valence-corrected chi connectivity index (χ1v) is 9.54. The van der Waals surface area contributed by atoms with Crippen LogP contribution in [0.4, 0.5) is 0 Å². The van der Waals surface area contributed by atoms with Crippen LogP contribution in [0.2, 0.25) is 0 Å². The molecule has 21 heavy (non-hydrogen) atoms. The van der Waals surface area contributed by atoms with Crippen molar-refractivity contribution in [3.8, 4) is 0 Å². The van der Waals surface area contributed by atoms with E-state index < -0.39 is 0 Å². The van der Waals surface area contributed by atoms with Gasteiger partial charge in [0.25, 0.3) is 0 Å². The van der Waals surface area contributed by atoms with Crippen molar-refractivity contribution in [3.63, 3.8) is 0 Å². The van der Waals surface area contributed by atoms with E-state index >= 15 is 0 Å². The van der Waals surface area contributed by atoms with Crippen LogP contribution < -0.4 is 5.32 Å². The fourth-order valence-corrected chi connectivity index (χ4v) is 3.77. The van der Waals surface area contributed by atoms with Gasteiger partial charge in [-0.15, -0.1) is 0 Å². The lowest BCUT2D eigenvalue weighted by Gasteiger charge is -2.48. The van der Waals surface area contributed by atoms with Crippen LogP contribution in [0.5, 0.6) is 0 Å². The SMILES string of the molecule is CCCCC(CCC)N1CC(C(C)CC)NCC1C(C)C. The van der Waals surface area contributed by atoms with Gasteiger partial charge in [-0.25, -0.2) is 0 Å². The molecule has 0 aromatic carbocycles. The second-order valence-corrected chi connectivity index (χ2v) is 7.49. The largest absolute Gasteiger partial charge is 0.311 e. The third-order valence-corrected chi connectivity index (χ3v) is 5.50. The minimum Gasteiger partial charge on any atom is -0.311 e. The Bertz CT molecular complexity index is 264. The highest BCUT2D eigenvalue weighted by molar-refractivity contribution is 4.92. The van der Waals surface area contributed by atoms with Crippen molar-refractivity contribution in [1.29, 1.82) is 0 Å². The van der Waals surface area contributed by atoms with Crippen molar-refractivity contribution in [2.24, 2.45) is 11.8 Å². The first kappa shape index (κ1) is 19.0. The predicted molar refractivity (Wildman–Crippen MR) is 94.8 cm³/mol. The van der Waals surface area contributed by atoms with Gasteiger partial charge < -0.3 is 5.32 Å². The van der Waals surface area contributed by atoms with Gasteiger partial charge in [-0.05, 0) is 24.7 Å². The topological polar surface area (TPSA) is 15.3 Å². The normalized spacial score (nSPS) is 27.0. The summed E-state index contributed by atoms with van der Waals surface area (Å²) in [7, 11) is 0. The van der Waals surface area contributed by atoms with Crippen molar-refractivity contribution < 1.29 is 0 Å². The summed E-state index contributed by atoms with van der Waals surface area (Å²) in [5.74, 6) is 1.53. The Labute approximate surface area is 134 Å². The van der Waals surface area contributed by atoms with Gasteiger partial charge >= 0.3 is 0 Å². The molecule has 0 aliphatic carbocycles. The first-order valence-electron chi connectivity index (χ1n) is 9.54. The molecule has 0 amide bonds. The van der Waals surface area contributed by atoms with Gasteiger partial charge in [-0.1, -0.05) is 67.2 Å². The molecule has 1 N–H and O–H groups in total. The van der Waals surface area contributed by atoms with Crippen molar-refractivity contribution in [3.05, 3.63) is 0 Å². The molecule has 1 rings (SSSR count). The summed E-state index contributed by atoms with van der Waals surface area (Å²) in [5.41, 5.74) is 0. The molecule has 0 bridgehead atoms. The van der Waals surface area contributed by atoms with Gasteiger partial charge in [-0.3, -0.25) is 4.90 Å². The Balaban J connectivity index is 2.80. The van der Waals surface area contributed by atoms with Crippen LogP contribution in [0, 0.1) is 11.8 Å². The van der Waals surface area contributed by atoms with Crippen LogP contribution >= 0.6 is 0 Å². The Morgan fingerprint density at radius 2 is 1.76 bits per heavy atom. The maximum Gasteiger partial charge on any atom is 0.0247 e. The van der Waals surface area contributed by atoms with Crippen LogP contribution in [-0.2, 0) is 0 Å². The molecule has 0 spiro atoms. The summed E-state index contributed by atoms with van der Waals surface area (Å²) < 4.78 is 0. The van der Waals surface area contributed by atoms with Crippen molar-refractivity contribution in [1.82, 2.24) is 10.2 Å². The van der Waals surface area contributed by atoms with Gasteiger partial charge in [-0.2, -0.15) is 0 Å². The first-order chi connectivity index (χ1) is 10.0. The van der Waals surface area contributed by atoms with Crippen molar-refractivity contribution >= 4 is 0 Å². The molecule has 2 nitrogen and oxygen atoms in total. The molecule has 1 saturated heterocycles. The van der Waals surface area contributed by atoms with E-state index in [1.807, 2.05) is 0 Å². The molecule has 126 valence electrons. The zero-order valence-corrected chi connectivity index (χ0v) is 15.5. The minimum atomic E-state index is 0.686. The smallest absolute Gasteiger partial charge is 0.0247 e. The van der Waals surface area contributed by atoms with Gasteiger partial charge in [0.05, 0.1) is 0 Å². The summed E-state index contributed by atoms with van der Waals surface area (Å²) in [4.78, 5) is 2.89. The Kier molecular flexibility index (Phi) is 8.89. The molecule has 1 heterocycles. The highest BCUT2D eigenvalue weighted by Crippen LogP contribution is 2.26. The molecule has 0 aromatic rings. The van der Waals surface area contributed by atoms with E-state index in [9.17, 15) is 0 Å². The van der Waals surface area contributed by atoms with Crippen LogP contribution in [0.15, 0.2) is 0 Å². The summed E-state index contributed by atoms with van der Waals surface area (Å²) in [5, 5.41) is 3.84. The number of hydrogen-bond acceptors (Lipinski definition) is 2. The second kappa shape index (κ2) is 9.84. The molecular formula is C19H40N2. The quantitative estimate of drug-likeness (QED) is 0.664. The van der Waals surface area contributed by atoms with E-state index in [1.165, 1.54) is 51.6 Å². The van der Waals surface area contributed by atoms with E-state index in [2.05, 4.69) is 51.8 Å². The number of nitrogens with one attached hydrogen (secondary N) is 1. The Morgan fingerprint density at radius 3 is 2.29 bits per heavy atom. The molecule has 1 aliphatic heterocycles. The van der Waals surface area contributed by atoms with Crippen LogP contribution in [0.25, 0.3) is 0 Å². The third kappa shape index (κ3) is 5.56. The van der Waals surface area contributed by atoms with Crippen LogP contribution in [0.3, 0.4) is 0 Å². The zero-order chi connectivity index (χ0) is 15.8.